The fraction of sp³-hybridized carbons (Fsp3) is 0.474. The molecule has 0 saturated carbocycles. The topological polar surface area (TPSA) is 62.2 Å². The van der Waals surface area contributed by atoms with Gasteiger partial charge in [0, 0.05) is 31.0 Å². The van der Waals surface area contributed by atoms with Gasteiger partial charge in [0.25, 0.3) is 5.91 Å². The van der Waals surface area contributed by atoms with Crippen molar-refractivity contribution in [3.63, 3.8) is 0 Å². The number of hydrogen-bond acceptors (Lipinski definition) is 4. The van der Waals surface area contributed by atoms with Crippen molar-refractivity contribution in [2.75, 3.05) is 37.3 Å². The molecule has 1 fully saturated rings. The van der Waals surface area contributed by atoms with Gasteiger partial charge >= 0.3 is 0 Å². The second kappa shape index (κ2) is 7.70. The first kappa shape index (κ1) is 17.5. The lowest BCUT2D eigenvalue weighted by molar-refractivity contribution is 0.102. The Morgan fingerprint density at radius 3 is 2.72 bits per heavy atom. The third-order valence-corrected chi connectivity index (χ3v) is 4.88. The first-order chi connectivity index (χ1) is 12.0. The molecule has 0 spiro atoms. The number of aromatic nitrogens is 2. The van der Waals surface area contributed by atoms with E-state index in [4.69, 9.17) is 0 Å². The lowest BCUT2D eigenvalue weighted by Gasteiger charge is -2.29. The van der Waals surface area contributed by atoms with Crippen LogP contribution in [0.25, 0.3) is 0 Å². The molecular formula is C19H27N5O. The maximum absolute atomic E-state index is 12.4. The highest BCUT2D eigenvalue weighted by Crippen LogP contribution is 2.21. The van der Waals surface area contributed by atoms with Crippen LogP contribution in [-0.4, -0.2) is 47.3 Å². The van der Waals surface area contributed by atoms with Crippen molar-refractivity contribution in [3.05, 3.63) is 41.7 Å². The molecule has 6 nitrogen and oxygen atoms in total. The summed E-state index contributed by atoms with van der Waals surface area (Å²) in [4.78, 5) is 14.8. The molecule has 0 atom stereocenters. The zero-order chi connectivity index (χ0) is 17.8. The van der Waals surface area contributed by atoms with Crippen molar-refractivity contribution in [1.82, 2.24) is 14.7 Å². The van der Waals surface area contributed by atoms with E-state index in [0.29, 0.717) is 17.2 Å². The Hall–Kier alpha value is -2.34. The van der Waals surface area contributed by atoms with Crippen molar-refractivity contribution < 1.29 is 4.79 Å². The summed E-state index contributed by atoms with van der Waals surface area (Å²) in [5.41, 5.74) is 3.55. The van der Waals surface area contributed by atoms with Gasteiger partial charge in [0.2, 0.25) is 0 Å². The normalized spacial score (nSPS) is 16.0. The van der Waals surface area contributed by atoms with Crippen LogP contribution in [0, 0.1) is 12.8 Å². The molecule has 1 aromatic heterocycles. The first-order valence-corrected chi connectivity index (χ1v) is 8.84. The van der Waals surface area contributed by atoms with Crippen LogP contribution in [0.2, 0.25) is 0 Å². The van der Waals surface area contributed by atoms with Gasteiger partial charge in [-0.2, -0.15) is 5.10 Å². The average molecular weight is 341 g/mol. The molecule has 25 heavy (non-hydrogen) atoms. The zero-order valence-electron chi connectivity index (χ0n) is 15.2. The summed E-state index contributed by atoms with van der Waals surface area (Å²) in [6.07, 6.45) is 5.88. The van der Waals surface area contributed by atoms with E-state index in [1.165, 1.54) is 25.9 Å². The van der Waals surface area contributed by atoms with Crippen LogP contribution in [-0.2, 0) is 7.05 Å². The van der Waals surface area contributed by atoms with E-state index in [1.54, 1.807) is 17.1 Å². The van der Waals surface area contributed by atoms with E-state index in [0.717, 1.165) is 17.8 Å². The highest BCUT2D eigenvalue weighted by Gasteiger charge is 2.17. The van der Waals surface area contributed by atoms with Crippen LogP contribution in [0.5, 0.6) is 0 Å². The molecule has 1 amide bonds. The van der Waals surface area contributed by atoms with Gasteiger partial charge in [0.1, 0.15) is 0 Å². The number of hydrogen-bond donors (Lipinski definition) is 2. The number of likely N-dealkylation sites (tertiary alicyclic amines) is 1. The van der Waals surface area contributed by atoms with E-state index in [2.05, 4.69) is 34.6 Å². The van der Waals surface area contributed by atoms with Gasteiger partial charge in [-0.3, -0.25) is 9.48 Å². The Morgan fingerprint density at radius 1 is 1.28 bits per heavy atom. The van der Waals surface area contributed by atoms with E-state index >= 15 is 0 Å². The van der Waals surface area contributed by atoms with E-state index in [-0.39, 0.29) is 5.91 Å². The van der Waals surface area contributed by atoms with Gasteiger partial charge in [-0.05, 0) is 63.5 Å². The number of carbonyl (C=O) groups excluding carboxylic acids is 1. The molecule has 6 heteroatoms. The standard InChI is InChI=1S/C19H27N5O/c1-14-4-5-16(19(25)22-17-12-21-24(3)13-17)10-18(14)20-11-15-6-8-23(2)9-7-15/h4-5,10,12-13,15,20H,6-9,11H2,1-3H3,(H,22,25). The average Bonchev–Trinajstić information content (AvgIpc) is 3.00. The molecule has 134 valence electrons. The maximum atomic E-state index is 12.4. The summed E-state index contributed by atoms with van der Waals surface area (Å²) in [6, 6.07) is 5.80. The second-order valence-corrected chi connectivity index (χ2v) is 7.01. The Labute approximate surface area is 149 Å². The third kappa shape index (κ3) is 4.60. The lowest BCUT2D eigenvalue weighted by Crippen LogP contribution is -2.33. The molecule has 0 radical (unpaired) electrons. The summed E-state index contributed by atoms with van der Waals surface area (Å²) in [5, 5.41) is 10.5. The number of anilines is 2. The summed E-state index contributed by atoms with van der Waals surface area (Å²) >= 11 is 0. The van der Waals surface area contributed by atoms with Gasteiger partial charge < -0.3 is 15.5 Å². The number of aryl methyl sites for hydroxylation is 2. The maximum Gasteiger partial charge on any atom is 0.255 e. The molecule has 2 aromatic rings. The SMILES string of the molecule is Cc1ccc(C(=O)Nc2cnn(C)c2)cc1NCC1CCN(C)CC1. The smallest absolute Gasteiger partial charge is 0.255 e. The van der Waals surface area contributed by atoms with Crippen molar-refractivity contribution in [3.8, 4) is 0 Å². The van der Waals surface area contributed by atoms with Gasteiger partial charge in [-0.25, -0.2) is 0 Å². The molecule has 1 aliphatic heterocycles. The number of rotatable bonds is 5. The Balaban J connectivity index is 1.62. The Kier molecular flexibility index (Phi) is 5.38. The number of nitrogens with one attached hydrogen (secondary N) is 2. The van der Waals surface area contributed by atoms with E-state index in [9.17, 15) is 4.79 Å². The number of nitrogens with zero attached hydrogens (tertiary/aromatic N) is 3. The molecule has 3 rings (SSSR count). The molecular weight excluding hydrogens is 314 g/mol. The molecule has 0 bridgehead atoms. The summed E-state index contributed by atoms with van der Waals surface area (Å²) in [6.45, 7) is 5.36. The third-order valence-electron chi connectivity index (χ3n) is 4.88. The highest BCUT2D eigenvalue weighted by molar-refractivity contribution is 6.04. The first-order valence-electron chi connectivity index (χ1n) is 8.84. The van der Waals surface area contributed by atoms with Crippen LogP contribution < -0.4 is 10.6 Å². The number of amides is 1. The predicted molar refractivity (Wildman–Crippen MR) is 101 cm³/mol. The summed E-state index contributed by atoms with van der Waals surface area (Å²) < 4.78 is 1.67. The fourth-order valence-electron chi connectivity index (χ4n) is 3.16. The molecule has 1 aromatic carbocycles. The van der Waals surface area contributed by atoms with Crippen molar-refractivity contribution >= 4 is 17.3 Å². The van der Waals surface area contributed by atoms with Gasteiger partial charge in [-0.1, -0.05) is 6.07 Å². The Bertz CT molecular complexity index is 731. The quantitative estimate of drug-likeness (QED) is 0.878. The molecule has 1 saturated heterocycles. The van der Waals surface area contributed by atoms with Crippen LogP contribution in [0.3, 0.4) is 0 Å². The lowest BCUT2D eigenvalue weighted by atomic mass is 9.97. The summed E-state index contributed by atoms with van der Waals surface area (Å²) in [5.74, 6) is 0.582. The minimum Gasteiger partial charge on any atom is -0.385 e. The van der Waals surface area contributed by atoms with Crippen LogP contribution in [0.4, 0.5) is 11.4 Å². The number of piperidine rings is 1. The van der Waals surface area contributed by atoms with E-state index in [1.807, 2.05) is 25.2 Å². The second-order valence-electron chi connectivity index (χ2n) is 7.01. The molecule has 0 aliphatic carbocycles. The van der Waals surface area contributed by atoms with Gasteiger partial charge in [0.05, 0.1) is 11.9 Å². The highest BCUT2D eigenvalue weighted by atomic mass is 16.1. The molecule has 1 aliphatic rings. The van der Waals surface area contributed by atoms with Crippen molar-refractivity contribution in [2.45, 2.75) is 19.8 Å². The minimum absolute atomic E-state index is 0.115. The molecule has 2 heterocycles. The summed E-state index contributed by atoms with van der Waals surface area (Å²) in [7, 11) is 4.00. The predicted octanol–water partition coefficient (Wildman–Crippen LogP) is 2.73. The van der Waals surface area contributed by atoms with Crippen LogP contribution in [0.1, 0.15) is 28.8 Å². The fourth-order valence-corrected chi connectivity index (χ4v) is 3.16. The zero-order valence-corrected chi connectivity index (χ0v) is 15.2. The Morgan fingerprint density at radius 2 is 2.04 bits per heavy atom. The largest absolute Gasteiger partial charge is 0.385 e. The van der Waals surface area contributed by atoms with Crippen LogP contribution in [0.15, 0.2) is 30.6 Å². The molecule has 0 unspecified atom stereocenters. The van der Waals surface area contributed by atoms with Gasteiger partial charge in [0.15, 0.2) is 0 Å². The van der Waals surface area contributed by atoms with E-state index < -0.39 is 0 Å². The van der Waals surface area contributed by atoms with Crippen molar-refractivity contribution in [2.24, 2.45) is 13.0 Å². The number of benzene rings is 1. The van der Waals surface area contributed by atoms with Crippen LogP contribution >= 0.6 is 0 Å². The van der Waals surface area contributed by atoms with Gasteiger partial charge in [-0.15, -0.1) is 0 Å². The minimum atomic E-state index is -0.115. The monoisotopic (exact) mass is 341 g/mol. The molecule has 2 N–H and O–H groups in total. The van der Waals surface area contributed by atoms with Crippen molar-refractivity contribution in [1.29, 1.82) is 0 Å². The number of carbonyl (C=O) groups is 1.